The molecule has 0 aromatic carbocycles. The molecule has 1 aromatic rings. The van der Waals surface area contributed by atoms with Gasteiger partial charge in [-0.3, -0.25) is 4.79 Å². The molecule has 0 radical (unpaired) electrons. The lowest BCUT2D eigenvalue weighted by Gasteiger charge is -2.15. The van der Waals surface area contributed by atoms with Gasteiger partial charge in [-0.25, -0.2) is 4.98 Å². The highest BCUT2D eigenvalue weighted by Gasteiger charge is 2.21. The van der Waals surface area contributed by atoms with Crippen molar-refractivity contribution in [2.75, 3.05) is 5.75 Å². The Morgan fingerprint density at radius 3 is 2.75 bits per heavy atom. The summed E-state index contributed by atoms with van der Waals surface area (Å²) in [7, 11) is 0. The summed E-state index contributed by atoms with van der Waals surface area (Å²) in [5.41, 5.74) is 2.91. The maximum Gasteiger partial charge on any atom is 0.316 e. The molecule has 0 saturated carbocycles. The number of hydrogen-bond acceptors (Lipinski definition) is 4. The van der Waals surface area contributed by atoms with E-state index in [0.29, 0.717) is 0 Å². The van der Waals surface area contributed by atoms with Crippen molar-refractivity contribution in [2.45, 2.75) is 32.4 Å². The van der Waals surface area contributed by atoms with Crippen LogP contribution in [-0.4, -0.2) is 27.1 Å². The van der Waals surface area contributed by atoms with Crippen molar-refractivity contribution in [3.63, 3.8) is 0 Å². The van der Waals surface area contributed by atoms with Crippen LogP contribution in [0.25, 0.3) is 0 Å². The predicted molar refractivity (Wildman–Crippen MR) is 69.3 cm³/mol. The van der Waals surface area contributed by atoms with Crippen LogP contribution in [0.3, 0.4) is 0 Å². The van der Waals surface area contributed by atoms with Crippen LogP contribution >= 0.6 is 23.1 Å². The molecule has 0 spiro atoms. The van der Waals surface area contributed by atoms with E-state index in [1.165, 1.54) is 16.6 Å². The Bertz CT molecular complexity index is 350. The van der Waals surface area contributed by atoms with E-state index >= 15 is 0 Å². The molecular weight excluding hydrogens is 242 g/mol. The fourth-order valence-corrected chi connectivity index (χ4v) is 3.41. The molecule has 1 atom stereocenters. The van der Waals surface area contributed by atoms with Gasteiger partial charge in [-0.15, -0.1) is 23.1 Å². The molecule has 16 heavy (non-hydrogen) atoms. The van der Waals surface area contributed by atoms with Crippen LogP contribution in [-0.2, 0) is 11.2 Å². The van der Waals surface area contributed by atoms with Gasteiger partial charge in [0, 0.05) is 4.88 Å². The zero-order valence-corrected chi connectivity index (χ0v) is 11.4. The van der Waals surface area contributed by atoms with Crippen LogP contribution in [0.2, 0.25) is 0 Å². The minimum absolute atomic E-state index is 0.171. The van der Waals surface area contributed by atoms with Crippen molar-refractivity contribution in [3.8, 4) is 0 Å². The quantitative estimate of drug-likeness (QED) is 0.853. The summed E-state index contributed by atoms with van der Waals surface area (Å²) in [6.07, 6.45) is 0.914. The number of carboxylic acids is 1. The second-order valence-electron chi connectivity index (χ2n) is 3.98. The number of hydrogen-bond donors (Lipinski definition) is 1. The average Bonchev–Trinajstić information content (AvgIpc) is 2.57. The van der Waals surface area contributed by atoms with E-state index in [1.807, 2.05) is 26.3 Å². The number of thiazole rings is 1. The van der Waals surface area contributed by atoms with Gasteiger partial charge in [-0.05, 0) is 25.0 Å². The minimum atomic E-state index is -0.707. The minimum Gasteiger partial charge on any atom is -0.480 e. The molecule has 3 nitrogen and oxygen atoms in total. The first kappa shape index (κ1) is 13.5. The zero-order chi connectivity index (χ0) is 12.1. The van der Waals surface area contributed by atoms with E-state index in [1.54, 1.807) is 11.3 Å². The maximum atomic E-state index is 11.0. The van der Waals surface area contributed by atoms with Crippen LogP contribution in [0, 0.1) is 12.8 Å². The first-order chi connectivity index (χ1) is 7.52. The average molecular weight is 259 g/mol. The first-order valence-electron chi connectivity index (χ1n) is 5.25. The van der Waals surface area contributed by atoms with Gasteiger partial charge in [-0.2, -0.15) is 0 Å². The molecule has 0 amide bonds. The number of nitrogens with zero attached hydrogens (tertiary/aromatic N) is 1. The van der Waals surface area contributed by atoms with E-state index in [0.717, 1.165) is 17.9 Å². The molecule has 5 heteroatoms. The Morgan fingerprint density at radius 1 is 1.62 bits per heavy atom. The molecule has 0 aliphatic carbocycles. The van der Waals surface area contributed by atoms with Crippen molar-refractivity contribution >= 4 is 29.1 Å². The summed E-state index contributed by atoms with van der Waals surface area (Å²) in [4.78, 5) is 16.4. The smallest absolute Gasteiger partial charge is 0.316 e. The molecule has 0 fully saturated rings. The van der Waals surface area contributed by atoms with Gasteiger partial charge in [0.05, 0.1) is 11.2 Å². The molecule has 0 aliphatic rings. The number of aryl methyl sites for hydroxylation is 2. The SMILES string of the molecule is Cc1ncsc1CCSC(C(=O)O)C(C)C. The number of thioether (sulfide) groups is 1. The van der Waals surface area contributed by atoms with E-state index in [2.05, 4.69) is 4.98 Å². The largest absolute Gasteiger partial charge is 0.480 e. The van der Waals surface area contributed by atoms with Crippen LogP contribution in [0.1, 0.15) is 24.4 Å². The van der Waals surface area contributed by atoms with Crippen LogP contribution < -0.4 is 0 Å². The number of carboxylic acid groups (broad SMARTS) is 1. The summed E-state index contributed by atoms with van der Waals surface area (Å²) >= 11 is 3.17. The second-order valence-corrected chi connectivity index (χ2v) is 6.17. The third-order valence-electron chi connectivity index (χ3n) is 2.32. The Kier molecular flexibility index (Phi) is 5.28. The van der Waals surface area contributed by atoms with Gasteiger partial charge in [0.25, 0.3) is 0 Å². The standard InChI is InChI=1S/C11H17NO2S2/c1-7(2)10(11(13)14)15-5-4-9-8(3)12-6-16-9/h6-7,10H,4-5H2,1-3H3,(H,13,14). The number of carbonyl (C=O) groups is 1. The van der Waals surface area contributed by atoms with Crippen LogP contribution in [0.5, 0.6) is 0 Å². The molecule has 1 aromatic heterocycles. The Labute approximate surface area is 104 Å². The fourth-order valence-electron chi connectivity index (χ4n) is 1.39. The summed E-state index contributed by atoms with van der Waals surface area (Å²) in [6, 6.07) is 0. The lowest BCUT2D eigenvalue weighted by Crippen LogP contribution is -2.23. The summed E-state index contributed by atoms with van der Waals surface area (Å²) in [5, 5.41) is 8.73. The summed E-state index contributed by atoms with van der Waals surface area (Å²) < 4.78 is 0. The maximum absolute atomic E-state index is 11.0. The molecule has 0 aliphatic heterocycles. The number of aliphatic carboxylic acids is 1. The normalized spacial score (nSPS) is 13.0. The monoisotopic (exact) mass is 259 g/mol. The fraction of sp³-hybridized carbons (Fsp3) is 0.636. The molecular formula is C11H17NO2S2. The molecule has 1 unspecified atom stereocenters. The molecule has 90 valence electrons. The van der Waals surface area contributed by atoms with E-state index in [4.69, 9.17) is 5.11 Å². The zero-order valence-electron chi connectivity index (χ0n) is 9.77. The van der Waals surface area contributed by atoms with Crippen LogP contribution in [0.4, 0.5) is 0 Å². The van der Waals surface area contributed by atoms with Crippen molar-refractivity contribution in [1.29, 1.82) is 0 Å². The van der Waals surface area contributed by atoms with Crippen molar-refractivity contribution in [1.82, 2.24) is 4.98 Å². The lowest BCUT2D eigenvalue weighted by molar-refractivity contribution is -0.137. The predicted octanol–water partition coefficient (Wildman–Crippen LogP) is 2.84. The highest BCUT2D eigenvalue weighted by molar-refractivity contribution is 8.00. The van der Waals surface area contributed by atoms with E-state index < -0.39 is 5.97 Å². The highest BCUT2D eigenvalue weighted by atomic mass is 32.2. The molecule has 0 bridgehead atoms. The first-order valence-corrected chi connectivity index (χ1v) is 7.18. The Hall–Kier alpha value is -0.550. The Morgan fingerprint density at radius 2 is 2.31 bits per heavy atom. The third-order valence-corrected chi connectivity index (χ3v) is 4.86. The Balaban J connectivity index is 2.40. The third kappa shape index (κ3) is 3.79. The summed E-state index contributed by atoms with van der Waals surface area (Å²) in [6.45, 7) is 5.89. The van der Waals surface area contributed by atoms with E-state index in [9.17, 15) is 4.79 Å². The summed E-state index contributed by atoms with van der Waals surface area (Å²) in [5.74, 6) is 0.309. The number of aromatic nitrogens is 1. The van der Waals surface area contributed by atoms with Crippen molar-refractivity contribution in [2.24, 2.45) is 5.92 Å². The van der Waals surface area contributed by atoms with Gasteiger partial charge < -0.3 is 5.11 Å². The topological polar surface area (TPSA) is 50.2 Å². The molecule has 1 rings (SSSR count). The number of rotatable bonds is 6. The van der Waals surface area contributed by atoms with Gasteiger partial charge in [0.2, 0.25) is 0 Å². The van der Waals surface area contributed by atoms with Crippen LogP contribution in [0.15, 0.2) is 5.51 Å². The van der Waals surface area contributed by atoms with Gasteiger partial charge in [0.1, 0.15) is 5.25 Å². The second kappa shape index (κ2) is 6.25. The molecule has 1 heterocycles. The van der Waals surface area contributed by atoms with Gasteiger partial charge in [0.15, 0.2) is 0 Å². The van der Waals surface area contributed by atoms with Crippen molar-refractivity contribution in [3.05, 3.63) is 16.1 Å². The van der Waals surface area contributed by atoms with E-state index in [-0.39, 0.29) is 11.2 Å². The molecule has 1 N–H and O–H groups in total. The lowest BCUT2D eigenvalue weighted by atomic mass is 10.1. The highest BCUT2D eigenvalue weighted by Crippen LogP contribution is 2.22. The van der Waals surface area contributed by atoms with Gasteiger partial charge in [-0.1, -0.05) is 13.8 Å². The molecule has 0 saturated heterocycles. The van der Waals surface area contributed by atoms with Gasteiger partial charge >= 0.3 is 5.97 Å². The van der Waals surface area contributed by atoms with Crippen molar-refractivity contribution < 1.29 is 9.90 Å².